The molecule has 0 unspecified atom stereocenters. The van der Waals surface area contributed by atoms with Crippen LogP contribution >= 0.6 is 11.6 Å². The topological polar surface area (TPSA) is 105 Å². The van der Waals surface area contributed by atoms with Gasteiger partial charge >= 0.3 is 0 Å². The number of carbonyl (C=O) groups excluding carboxylic acids is 1. The Morgan fingerprint density at radius 3 is 2.65 bits per heavy atom. The quantitative estimate of drug-likeness (QED) is 0.716. The molecule has 140 valence electrons. The van der Waals surface area contributed by atoms with Crippen LogP contribution in [-0.2, 0) is 10.0 Å². The van der Waals surface area contributed by atoms with Crippen molar-refractivity contribution in [2.75, 3.05) is 29.4 Å². The number of sulfonamides is 1. The normalized spacial score (nSPS) is 15.6. The molecule has 26 heavy (non-hydrogen) atoms. The first-order chi connectivity index (χ1) is 12.3. The fraction of sp³-hybridized carbons (Fsp3) is 0.375. The van der Waals surface area contributed by atoms with E-state index in [2.05, 4.69) is 20.5 Å². The summed E-state index contributed by atoms with van der Waals surface area (Å²) in [6, 6.07) is 4.80. The molecule has 1 aromatic heterocycles. The van der Waals surface area contributed by atoms with Crippen molar-refractivity contribution in [1.82, 2.24) is 15.1 Å². The molecular formula is C16H20ClN5O3S. The van der Waals surface area contributed by atoms with Crippen LogP contribution in [0.1, 0.15) is 29.2 Å². The predicted molar refractivity (Wildman–Crippen MR) is 101 cm³/mol. The maximum absolute atomic E-state index is 12.5. The van der Waals surface area contributed by atoms with Crippen molar-refractivity contribution in [2.24, 2.45) is 0 Å². The third-order valence-electron chi connectivity index (χ3n) is 4.01. The Kier molecular flexibility index (Phi) is 5.49. The van der Waals surface area contributed by atoms with E-state index in [1.165, 1.54) is 18.3 Å². The Morgan fingerprint density at radius 2 is 1.96 bits per heavy atom. The molecule has 3 rings (SSSR count). The Balaban J connectivity index is 1.72. The lowest BCUT2D eigenvalue weighted by atomic mass is 10.1. The number of nitrogens with one attached hydrogen (secondary N) is 3. The van der Waals surface area contributed by atoms with Gasteiger partial charge in [-0.25, -0.2) is 8.42 Å². The zero-order valence-corrected chi connectivity index (χ0v) is 15.8. The summed E-state index contributed by atoms with van der Waals surface area (Å²) in [4.78, 5) is 12.5. The standard InChI is InChI=1S/C16H20ClN5O3S/c1-26(24,25)21-14-7-12(17)6-13(8-14)20-16(23)11-9-19-22(10-11)15-2-4-18-5-3-15/h6-10,15,18,21H,2-5H2,1H3,(H,20,23). The number of benzene rings is 1. The molecule has 1 amide bonds. The van der Waals surface area contributed by atoms with Crippen LogP contribution in [0.5, 0.6) is 0 Å². The number of aromatic nitrogens is 2. The molecule has 3 N–H and O–H groups in total. The van der Waals surface area contributed by atoms with Crippen LogP contribution in [0.15, 0.2) is 30.6 Å². The Bertz CT molecular complexity index is 906. The van der Waals surface area contributed by atoms with Gasteiger partial charge in [0.1, 0.15) is 0 Å². The number of nitrogens with zero attached hydrogens (tertiary/aromatic N) is 2. The van der Waals surface area contributed by atoms with E-state index in [0.29, 0.717) is 16.3 Å². The SMILES string of the molecule is CS(=O)(=O)Nc1cc(Cl)cc(NC(=O)c2cnn(C3CCNCC3)c2)c1. The first kappa shape index (κ1) is 18.7. The Labute approximate surface area is 157 Å². The summed E-state index contributed by atoms with van der Waals surface area (Å²) in [5, 5.41) is 10.6. The molecule has 0 aliphatic carbocycles. The average Bonchev–Trinajstić information content (AvgIpc) is 3.03. The monoisotopic (exact) mass is 397 g/mol. The highest BCUT2D eigenvalue weighted by Gasteiger charge is 2.18. The Morgan fingerprint density at radius 1 is 1.27 bits per heavy atom. The summed E-state index contributed by atoms with van der Waals surface area (Å²) >= 11 is 6.01. The van der Waals surface area contributed by atoms with Gasteiger partial charge in [0.25, 0.3) is 5.91 Å². The molecule has 0 saturated carbocycles. The van der Waals surface area contributed by atoms with Gasteiger partial charge in [0.2, 0.25) is 10.0 Å². The van der Waals surface area contributed by atoms with Gasteiger partial charge in [-0.3, -0.25) is 14.2 Å². The molecule has 1 aliphatic rings. The number of anilines is 2. The molecule has 0 radical (unpaired) electrons. The second-order valence-corrected chi connectivity index (χ2v) is 8.43. The van der Waals surface area contributed by atoms with E-state index in [9.17, 15) is 13.2 Å². The smallest absolute Gasteiger partial charge is 0.258 e. The molecule has 1 aromatic carbocycles. The van der Waals surface area contributed by atoms with Crippen LogP contribution in [0.2, 0.25) is 5.02 Å². The van der Waals surface area contributed by atoms with Crippen molar-refractivity contribution in [3.8, 4) is 0 Å². The molecular weight excluding hydrogens is 378 g/mol. The van der Waals surface area contributed by atoms with Crippen LogP contribution in [0.25, 0.3) is 0 Å². The molecule has 10 heteroatoms. The maximum Gasteiger partial charge on any atom is 0.258 e. The molecule has 0 spiro atoms. The highest BCUT2D eigenvalue weighted by Crippen LogP contribution is 2.24. The molecule has 0 atom stereocenters. The third-order valence-corrected chi connectivity index (χ3v) is 4.83. The predicted octanol–water partition coefficient (Wildman–Crippen LogP) is 2.08. The third kappa shape index (κ3) is 4.96. The lowest BCUT2D eigenvalue weighted by Crippen LogP contribution is -2.29. The number of halogens is 1. The average molecular weight is 398 g/mol. The lowest BCUT2D eigenvalue weighted by Gasteiger charge is -2.22. The van der Waals surface area contributed by atoms with Gasteiger partial charge < -0.3 is 10.6 Å². The zero-order chi connectivity index (χ0) is 18.7. The zero-order valence-electron chi connectivity index (χ0n) is 14.2. The summed E-state index contributed by atoms with van der Waals surface area (Å²) in [6.07, 6.45) is 6.24. The van der Waals surface area contributed by atoms with Gasteiger partial charge in [0.15, 0.2) is 0 Å². The Hall–Kier alpha value is -2.10. The number of carbonyl (C=O) groups is 1. The first-order valence-electron chi connectivity index (χ1n) is 8.15. The van der Waals surface area contributed by atoms with Gasteiger partial charge in [0, 0.05) is 16.9 Å². The van der Waals surface area contributed by atoms with E-state index >= 15 is 0 Å². The van der Waals surface area contributed by atoms with Gasteiger partial charge in [-0.15, -0.1) is 0 Å². The summed E-state index contributed by atoms with van der Waals surface area (Å²) < 4.78 is 26.9. The molecule has 2 aromatic rings. The van der Waals surface area contributed by atoms with E-state index in [0.717, 1.165) is 32.2 Å². The number of piperidine rings is 1. The fourth-order valence-corrected chi connectivity index (χ4v) is 3.65. The van der Waals surface area contributed by atoms with Crippen LogP contribution in [-0.4, -0.2) is 43.5 Å². The minimum absolute atomic E-state index is 0.278. The van der Waals surface area contributed by atoms with Crippen molar-refractivity contribution in [3.63, 3.8) is 0 Å². The molecule has 1 fully saturated rings. The van der Waals surface area contributed by atoms with E-state index in [4.69, 9.17) is 11.6 Å². The highest BCUT2D eigenvalue weighted by atomic mass is 35.5. The summed E-state index contributed by atoms with van der Waals surface area (Å²) in [5.41, 5.74) is 1.10. The van der Waals surface area contributed by atoms with Crippen LogP contribution < -0.4 is 15.4 Å². The number of hydrogen-bond donors (Lipinski definition) is 3. The summed E-state index contributed by atoms with van der Waals surface area (Å²) in [6.45, 7) is 1.87. The maximum atomic E-state index is 12.5. The van der Waals surface area contributed by atoms with Gasteiger partial charge in [-0.05, 0) is 44.1 Å². The second kappa shape index (κ2) is 7.65. The van der Waals surface area contributed by atoms with E-state index in [1.54, 1.807) is 12.3 Å². The lowest BCUT2D eigenvalue weighted by molar-refractivity contribution is 0.102. The first-order valence-corrected chi connectivity index (χ1v) is 10.4. The van der Waals surface area contributed by atoms with Crippen molar-refractivity contribution < 1.29 is 13.2 Å². The molecule has 2 heterocycles. The second-order valence-electron chi connectivity index (χ2n) is 6.25. The number of rotatable bonds is 5. The van der Waals surface area contributed by atoms with Crippen molar-refractivity contribution in [1.29, 1.82) is 0 Å². The highest BCUT2D eigenvalue weighted by molar-refractivity contribution is 7.92. The number of amides is 1. The van der Waals surface area contributed by atoms with Crippen LogP contribution in [0, 0.1) is 0 Å². The minimum atomic E-state index is -3.44. The van der Waals surface area contributed by atoms with Crippen LogP contribution in [0.3, 0.4) is 0 Å². The van der Waals surface area contributed by atoms with Gasteiger partial charge in [0.05, 0.1) is 29.7 Å². The van der Waals surface area contributed by atoms with Gasteiger partial charge in [-0.2, -0.15) is 5.10 Å². The number of hydrogen-bond acceptors (Lipinski definition) is 5. The van der Waals surface area contributed by atoms with Crippen molar-refractivity contribution >= 4 is 38.9 Å². The van der Waals surface area contributed by atoms with E-state index < -0.39 is 10.0 Å². The van der Waals surface area contributed by atoms with Gasteiger partial charge in [-0.1, -0.05) is 11.6 Å². The molecule has 1 saturated heterocycles. The van der Waals surface area contributed by atoms with Crippen molar-refractivity contribution in [2.45, 2.75) is 18.9 Å². The van der Waals surface area contributed by atoms with Crippen LogP contribution in [0.4, 0.5) is 11.4 Å². The fourth-order valence-electron chi connectivity index (χ4n) is 2.86. The molecule has 8 nitrogen and oxygen atoms in total. The molecule has 1 aliphatic heterocycles. The summed E-state index contributed by atoms with van der Waals surface area (Å²) in [7, 11) is -3.44. The minimum Gasteiger partial charge on any atom is -0.322 e. The molecule has 0 bridgehead atoms. The van der Waals surface area contributed by atoms with E-state index in [-0.39, 0.29) is 17.6 Å². The summed E-state index contributed by atoms with van der Waals surface area (Å²) in [5.74, 6) is -0.335. The largest absolute Gasteiger partial charge is 0.322 e. The van der Waals surface area contributed by atoms with Crippen molar-refractivity contribution in [3.05, 3.63) is 41.2 Å². The van der Waals surface area contributed by atoms with E-state index in [1.807, 2.05) is 4.68 Å².